The number of nitrogens with zero attached hydrogens (tertiary/aromatic N) is 2. The molecule has 3 N–H and O–H groups in total. The minimum Gasteiger partial charge on any atom is -0.487 e. The Labute approximate surface area is 190 Å². The van der Waals surface area contributed by atoms with Crippen molar-refractivity contribution in [2.24, 2.45) is 0 Å². The molecule has 3 aromatic rings. The Kier molecular flexibility index (Phi) is 7.42. The predicted molar refractivity (Wildman–Crippen MR) is 117 cm³/mol. The molecule has 0 bridgehead atoms. The first-order chi connectivity index (χ1) is 15.8. The van der Waals surface area contributed by atoms with E-state index in [-0.39, 0.29) is 5.56 Å². The van der Waals surface area contributed by atoms with Crippen LogP contribution in [0.15, 0.2) is 59.2 Å². The zero-order valence-electron chi connectivity index (χ0n) is 18.4. The molecule has 33 heavy (non-hydrogen) atoms. The summed E-state index contributed by atoms with van der Waals surface area (Å²) < 4.78 is 10.8. The first kappa shape index (κ1) is 23.5. The van der Waals surface area contributed by atoms with E-state index >= 15 is 0 Å². The largest absolute Gasteiger partial charge is 0.487 e. The van der Waals surface area contributed by atoms with Gasteiger partial charge in [-0.15, -0.1) is 0 Å². The lowest BCUT2D eigenvalue weighted by molar-refractivity contribution is -0.140. The molecule has 1 aromatic heterocycles. The minimum atomic E-state index is -1.51. The van der Waals surface area contributed by atoms with Crippen LogP contribution in [0.3, 0.4) is 0 Å². The fraction of sp³-hybridized carbons (Fsp3) is 0.217. The van der Waals surface area contributed by atoms with Gasteiger partial charge >= 0.3 is 0 Å². The van der Waals surface area contributed by atoms with Crippen LogP contribution in [0.5, 0.6) is 5.75 Å². The summed E-state index contributed by atoms with van der Waals surface area (Å²) in [5, 5.41) is 11.2. The standard InChI is InChI=1S/C23H24N4O6/c1-14-25-18(12-32-14)13-33-19-10-8-16(9-11-19)15-4-6-17(7-5-15)23(30)27(3)20(21(28)24-2)22(29)26-31/h4-12,20,31H,13H2,1-3H3,(H,24,28)(H,26,29). The van der Waals surface area contributed by atoms with Gasteiger partial charge in [0.15, 0.2) is 11.9 Å². The summed E-state index contributed by atoms with van der Waals surface area (Å²) >= 11 is 0. The van der Waals surface area contributed by atoms with Crippen molar-refractivity contribution < 1.29 is 28.7 Å². The second-order valence-corrected chi connectivity index (χ2v) is 7.16. The molecule has 0 spiro atoms. The average molecular weight is 452 g/mol. The minimum absolute atomic E-state index is 0.281. The highest BCUT2D eigenvalue weighted by Crippen LogP contribution is 2.24. The second kappa shape index (κ2) is 10.4. The van der Waals surface area contributed by atoms with Crippen LogP contribution in [0, 0.1) is 6.92 Å². The lowest BCUT2D eigenvalue weighted by Crippen LogP contribution is -2.54. The third kappa shape index (κ3) is 5.55. The Bertz CT molecular complexity index is 1110. The number of aryl methyl sites for hydroxylation is 1. The maximum absolute atomic E-state index is 12.8. The van der Waals surface area contributed by atoms with Crippen LogP contribution in [0.25, 0.3) is 11.1 Å². The van der Waals surface area contributed by atoms with Crippen molar-refractivity contribution >= 4 is 17.7 Å². The summed E-state index contributed by atoms with van der Waals surface area (Å²) in [6, 6.07) is 12.6. The zero-order chi connectivity index (χ0) is 24.0. The molecule has 0 aliphatic rings. The first-order valence-electron chi connectivity index (χ1n) is 10.0. The van der Waals surface area contributed by atoms with Crippen molar-refractivity contribution in [1.82, 2.24) is 20.7 Å². The smallest absolute Gasteiger partial charge is 0.275 e. The quantitative estimate of drug-likeness (QED) is 0.270. The Hall–Kier alpha value is -4.18. The van der Waals surface area contributed by atoms with Gasteiger partial charge in [0.25, 0.3) is 17.7 Å². The average Bonchev–Trinajstić information content (AvgIpc) is 3.27. The SMILES string of the molecule is CNC(=O)C(C(=O)NO)N(C)C(=O)c1ccc(-c2ccc(OCc3coc(C)n3)cc2)cc1. The Balaban J connectivity index is 1.68. The van der Waals surface area contributed by atoms with Crippen molar-refractivity contribution in [3.8, 4) is 16.9 Å². The summed E-state index contributed by atoms with van der Waals surface area (Å²) in [6.45, 7) is 2.06. The van der Waals surface area contributed by atoms with Gasteiger partial charge in [0.05, 0.1) is 0 Å². The highest BCUT2D eigenvalue weighted by molar-refractivity contribution is 6.08. The summed E-state index contributed by atoms with van der Waals surface area (Å²) in [5.41, 5.74) is 4.17. The second-order valence-electron chi connectivity index (χ2n) is 7.16. The fourth-order valence-electron chi connectivity index (χ4n) is 3.17. The van der Waals surface area contributed by atoms with E-state index in [1.165, 1.54) is 19.6 Å². The van der Waals surface area contributed by atoms with Gasteiger partial charge in [-0.2, -0.15) is 0 Å². The number of amides is 3. The molecular weight excluding hydrogens is 428 g/mol. The predicted octanol–water partition coefficient (Wildman–Crippen LogP) is 1.92. The molecule has 2 aromatic carbocycles. The van der Waals surface area contributed by atoms with E-state index in [0.29, 0.717) is 23.9 Å². The summed E-state index contributed by atoms with van der Waals surface area (Å²) in [5.74, 6) is -1.03. The number of benzene rings is 2. The van der Waals surface area contributed by atoms with Crippen LogP contribution in [0.4, 0.5) is 0 Å². The van der Waals surface area contributed by atoms with Crippen LogP contribution in [-0.2, 0) is 16.2 Å². The molecule has 10 nitrogen and oxygen atoms in total. The monoisotopic (exact) mass is 452 g/mol. The summed E-state index contributed by atoms with van der Waals surface area (Å²) in [4.78, 5) is 41.8. The topological polar surface area (TPSA) is 134 Å². The number of hydroxylamine groups is 1. The van der Waals surface area contributed by atoms with E-state index < -0.39 is 23.8 Å². The van der Waals surface area contributed by atoms with Gasteiger partial charge in [0.1, 0.15) is 24.3 Å². The number of oxazole rings is 1. The number of ether oxygens (including phenoxy) is 1. The molecule has 0 fully saturated rings. The molecule has 0 saturated heterocycles. The van der Waals surface area contributed by atoms with E-state index in [1.807, 2.05) is 24.3 Å². The molecule has 1 unspecified atom stereocenters. The molecule has 3 amide bonds. The fourth-order valence-corrected chi connectivity index (χ4v) is 3.17. The molecule has 0 radical (unpaired) electrons. The molecule has 3 rings (SSSR count). The molecule has 172 valence electrons. The lowest BCUT2D eigenvalue weighted by Gasteiger charge is -2.25. The van der Waals surface area contributed by atoms with E-state index in [2.05, 4.69) is 10.3 Å². The summed E-state index contributed by atoms with van der Waals surface area (Å²) in [6.07, 6.45) is 1.55. The van der Waals surface area contributed by atoms with E-state index in [9.17, 15) is 14.4 Å². The van der Waals surface area contributed by atoms with Gasteiger partial charge in [-0.25, -0.2) is 10.5 Å². The van der Waals surface area contributed by atoms with Gasteiger partial charge in [-0.3, -0.25) is 19.6 Å². The van der Waals surface area contributed by atoms with E-state index in [1.54, 1.807) is 37.5 Å². The third-order valence-electron chi connectivity index (χ3n) is 4.93. The van der Waals surface area contributed by atoms with Crippen molar-refractivity contribution in [2.75, 3.05) is 14.1 Å². The van der Waals surface area contributed by atoms with Gasteiger partial charge in [0.2, 0.25) is 0 Å². The number of carbonyl (C=O) groups is 3. The zero-order valence-corrected chi connectivity index (χ0v) is 18.4. The highest BCUT2D eigenvalue weighted by atomic mass is 16.5. The maximum Gasteiger partial charge on any atom is 0.275 e. The van der Waals surface area contributed by atoms with Crippen molar-refractivity contribution in [3.63, 3.8) is 0 Å². The van der Waals surface area contributed by atoms with Crippen molar-refractivity contribution in [3.05, 3.63) is 71.9 Å². The maximum atomic E-state index is 12.8. The lowest BCUT2D eigenvalue weighted by atomic mass is 10.0. The van der Waals surface area contributed by atoms with Crippen LogP contribution in [0.2, 0.25) is 0 Å². The number of hydrogen-bond donors (Lipinski definition) is 3. The molecule has 1 atom stereocenters. The Morgan fingerprint density at radius 3 is 2.18 bits per heavy atom. The van der Waals surface area contributed by atoms with Crippen LogP contribution in [-0.4, -0.2) is 52.9 Å². The molecular formula is C23H24N4O6. The van der Waals surface area contributed by atoms with Gasteiger partial charge in [0, 0.05) is 26.6 Å². The normalized spacial score (nSPS) is 11.4. The number of rotatable bonds is 8. The highest BCUT2D eigenvalue weighted by Gasteiger charge is 2.33. The van der Waals surface area contributed by atoms with Crippen LogP contribution >= 0.6 is 0 Å². The van der Waals surface area contributed by atoms with Gasteiger partial charge < -0.3 is 19.4 Å². The number of hydrogen-bond acceptors (Lipinski definition) is 7. The molecule has 0 aliphatic carbocycles. The van der Waals surface area contributed by atoms with E-state index in [4.69, 9.17) is 14.4 Å². The number of aromatic nitrogens is 1. The molecule has 1 heterocycles. The third-order valence-corrected chi connectivity index (χ3v) is 4.93. The summed E-state index contributed by atoms with van der Waals surface area (Å²) in [7, 11) is 2.64. The van der Waals surface area contributed by atoms with Gasteiger partial charge in [-0.05, 0) is 35.4 Å². The van der Waals surface area contributed by atoms with Crippen molar-refractivity contribution in [1.29, 1.82) is 0 Å². The number of nitrogens with one attached hydrogen (secondary N) is 2. The Morgan fingerprint density at radius 1 is 1.06 bits per heavy atom. The first-order valence-corrected chi connectivity index (χ1v) is 10.0. The van der Waals surface area contributed by atoms with Crippen LogP contribution < -0.4 is 15.5 Å². The Morgan fingerprint density at radius 2 is 1.67 bits per heavy atom. The molecule has 10 heteroatoms. The molecule has 0 saturated carbocycles. The molecule has 0 aliphatic heterocycles. The van der Waals surface area contributed by atoms with Crippen molar-refractivity contribution in [2.45, 2.75) is 19.6 Å². The van der Waals surface area contributed by atoms with Crippen LogP contribution in [0.1, 0.15) is 21.9 Å². The number of carbonyl (C=O) groups excluding carboxylic acids is 3. The number of likely N-dealkylation sites (N-methyl/N-ethyl adjacent to an activating group) is 2. The van der Waals surface area contributed by atoms with Gasteiger partial charge in [-0.1, -0.05) is 24.3 Å². The van der Waals surface area contributed by atoms with E-state index in [0.717, 1.165) is 16.0 Å².